The van der Waals surface area contributed by atoms with Gasteiger partial charge in [-0.25, -0.2) is 0 Å². The van der Waals surface area contributed by atoms with Crippen molar-refractivity contribution < 1.29 is 4.79 Å². The van der Waals surface area contributed by atoms with Crippen LogP contribution in [0.15, 0.2) is 86.0 Å². The molecule has 2 aromatic rings. The smallest absolute Gasteiger partial charge is 0.159 e. The van der Waals surface area contributed by atoms with Crippen molar-refractivity contribution in [3.8, 4) is 0 Å². The third-order valence-corrected chi connectivity index (χ3v) is 6.25. The molecular formula is C27H35N3O. The van der Waals surface area contributed by atoms with Crippen LogP contribution >= 0.6 is 0 Å². The molecule has 0 atom stereocenters. The molecule has 1 aliphatic heterocycles. The summed E-state index contributed by atoms with van der Waals surface area (Å²) in [6.45, 7) is 16.8. The normalized spacial score (nSPS) is 15.7. The first-order valence-corrected chi connectivity index (χ1v) is 11.2. The number of piperazine rings is 1. The summed E-state index contributed by atoms with van der Waals surface area (Å²) in [4.78, 5) is 20.5. The Morgan fingerprint density at radius 3 is 1.81 bits per heavy atom. The minimum Gasteiger partial charge on any atom is -0.300 e. The van der Waals surface area contributed by atoms with Gasteiger partial charge < -0.3 is 0 Å². The van der Waals surface area contributed by atoms with Gasteiger partial charge in [-0.2, -0.15) is 0 Å². The Balaban J connectivity index is 1.79. The fourth-order valence-corrected chi connectivity index (χ4v) is 4.73. The zero-order valence-corrected chi connectivity index (χ0v) is 18.7. The van der Waals surface area contributed by atoms with Gasteiger partial charge in [0.05, 0.1) is 0 Å². The summed E-state index contributed by atoms with van der Waals surface area (Å²) in [5.41, 5.74) is 1.35. The molecule has 0 radical (unpaired) electrons. The van der Waals surface area contributed by atoms with Crippen LogP contribution in [0.3, 0.4) is 0 Å². The Morgan fingerprint density at radius 2 is 1.39 bits per heavy atom. The van der Waals surface area contributed by atoms with Crippen LogP contribution < -0.4 is 0 Å². The zero-order chi connectivity index (χ0) is 22.1. The summed E-state index contributed by atoms with van der Waals surface area (Å²) in [7, 11) is 0. The molecule has 1 fully saturated rings. The molecule has 0 aliphatic carbocycles. The second-order valence-electron chi connectivity index (χ2n) is 8.16. The van der Waals surface area contributed by atoms with Crippen LogP contribution in [0, 0.1) is 0 Å². The lowest BCUT2D eigenvalue weighted by Gasteiger charge is -2.47. The molecular weight excluding hydrogens is 382 g/mol. The van der Waals surface area contributed by atoms with E-state index in [1.165, 1.54) is 0 Å². The van der Waals surface area contributed by atoms with Crippen molar-refractivity contribution in [2.24, 2.45) is 0 Å². The van der Waals surface area contributed by atoms with E-state index >= 15 is 0 Å². The molecule has 4 heteroatoms. The fraction of sp³-hybridized carbons (Fsp3) is 0.370. The van der Waals surface area contributed by atoms with Gasteiger partial charge in [0, 0.05) is 52.4 Å². The van der Waals surface area contributed by atoms with E-state index < -0.39 is 5.54 Å². The molecule has 31 heavy (non-hydrogen) atoms. The van der Waals surface area contributed by atoms with Crippen LogP contribution in [-0.2, 0) is 10.3 Å². The molecule has 1 aliphatic rings. The number of rotatable bonds is 11. The molecule has 164 valence electrons. The third-order valence-electron chi connectivity index (χ3n) is 6.25. The average molecular weight is 418 g/mol. The van der Waals surface area contributed by atoms with E-state index in [-0.39, 0.29) is 5.78 Å². The maximum Gasteiger partial charge on any atom is 0.159 e. The highest BCUT2D eigenvalue weighted by Gasteiger charge is 2.45. The van der Waals surface area contributed by atoms with Gasteiger partial charge in [0.2, 0.25) is 0 Å². The predicted molar refractivity (Wildman–Crippen MR) is 129 cm³/mol. The SMILES string of the molecule is C=CCN(CC=C)CCN1CCN(C(C(C)=O)(c2ccccc2)c2ccccc2)CC1. The molecule has 0 aromatic heterocycles. The Kier molecular flexibility index (Phi) is 8.35. The minimum absolute atomic E-state index is 0.168. The van der Waals surface area contributed by atoms with Crippen molar-refractivity contribution in [2.45, 2.75) is 12.5 Å². The van der Waals surface area contributed by atoms with Crippen LogP contribution in [0.4, 0.5) is 0 Å². The lowest BCUT2D eigenvalue weighted by Crippen LogP contribution is -2.59. The maximum absolute atomic E-state index is 13.3. The molecule has 0 unspecified atom stereocenters. The van der Waals surface area contributed by atoms with Gasteiger partial charge >= 0.3 is 0 Å². The van der Waals surface area contributed by atoms with Crippen molar-refractivity contribution in [1.82, 2.24) is 14.7 Å². The molecule has 4 nitrogen and oxygen atoms in total. The van der Waals surface area contributed by atoms with E-state index in [4.69, 9.17) is 0 Å². The highest BCUT2D eigenvalue weighted by atomic mass is 16.1. The van der Waals surface area contributed by atoms with Gasteiger partial charge in [0.15, 0.2) is 5.78 Å². The second kappa shape index (κ2) is 11.2. The molecule has 1 saturated heterocycles. The number of benzene rings is 2. The first-order valence-electron chi connectivity index (χ1n) is 11.2. The van der Waals surface area contributed by atoms with Crippen LogP contribution in [0.1, 0.15) is 18.1 Å². The number of ketones is 1. The molecule has 0 amide bonds. The van der Waals surface area contributed by atoms with E-state index in [1.54, 1.807) is 6.92 Å². The van der Waals surface area contributed by atoms with Crippen molar-refractivity contribution in [3.05, 3.63) is 97.1 Å². The molecule has 0 N–H and O–H groups in total. The van der Waals surface area contributed by atoms with Gasteiger partial charge in [-0.15, -0.1) is 13.2 Å². The molecule has 0 bridgehead atoms. The number of hydrogen-bond acceptors (Lipinski definition) is 4. The maximum atomic E-state index is 13.3. The first kappa shape index (κ1) is 23.1. The molecule has 3 rings (SSSR count). The van der Waals surface area contributed by atoms with Gasteiger partial charge in [-0.3, -0.25) is 19.5 Å². The van der Waals surface area contributed by atoms with E-state index in [1.807, 2.05) is 48.6 Å². The number of carbonyl (C=O) groups is 1. The van der Waals surface area contributed by atoms with Crippen LogP contribution in [-0.4, -0.2) is 72.8 Å². The number of hydrogen-bond donors (Lipinski definition) is 0. The summed E-state index contributed by atoms with van der Waals surface area (Å²) in [6, 6.07) is 20.5. The summed E-state index contributed by atoms with van der Waals surface area (Å²) in [5, 5.41) is 0. The zero-order valence-electron chi connectivity index (χ0n) is 18.7. The lowest BCUT2D eigenvalue weighted by atomic mass is 9.77. The van der Waals surface area contributed by atoms with E-state index in [9.17, 15) is 4.79 Å². The van der Waals surface area contributed by atoms with Crippen molar-refractivity contribution >= 4 is 5.78 Å². The second-order valence-corrected chi connectivity index (χ2v) is 8.16. The lowest BCUT2D eigenvalue weighted by molar-refractivity contribution is -0.128. The molecule has 2 aromatic carbocycles. The van der Waals surface area contributed by atoms with Crippen LogP contribution in [0.25, 0.3) is 0 Å². The molecule has 0 saturated carbocycles. The monoisotopic (exact) mass is 417 g/mol. The first-order chi connectivity index (χ1) is 15.1. The predicted octanol–water partition coefficient (Wildman–Crippen LogP) is 3.81. The standard InChI is InChI=1S/C27H35N3O/c1-4-16-28(17-5-2)18-19-29-20-22-30(23-21-29)27(24(3)31,25-12-8-6-9-13-25)26-14-10-7-11-15-26/h4-15H,1-2,16-23H2,3H3. The third kappa shape index (κ3) is 5.21. The Morgan fingerprint density at radius 1 is 0.903 bits per heavy atom. The Labute approximate surface area is 187 Å². The van der Waals surface area contributed by atoms with E-state index in [2.05, 4.69) is 52.1 Å². The number of nitrogens with zero attached hydrogens (tertiary/aromatic N) is 3. The van der Waals surface area contributed by atoms with E-state index in [0.29, 0.717) is 0 Å². The molecule has 0 spiro atoms. The molecule has 1 heterocycles. The highest BCUT2D eigenvalue weighted by Crippen LogP contribution is 2.37. The summed E-state index contributed by atoms with van der Waals surface area (Å²) < 4.78 is 0. The van der Waals surface area contributed by atoms with E-state index in [0.717, 1.165) is 63.5 Å². The Bertz CT molecular complexity index is 792. The summed E-state index contributed by atoms with van der Waals surface area (Å²) in [6.07, 6.45) is 3.89. The minimum atomic E-state index is -0.744. The van der Waals surface area contributed by atoms with Crippen molar-refractivity contribution in [1.29, 1.82) is 0 Å². The van der Waals surface area contributed by atoms with Crippen LogP contribution in [0.5, 0.6) is 0 Å². The topological polar surface area (TPSA) is 26.8 Å². The van der Waals surface area contributed by atoms with Gasteiger partial charge in [-0.05, 0) is 18.1 Å². The van der Waals surface area contributed by atoms with Crippen molar-refractivity contribution in [2.75, 3.05) is 52.4 Å². The summed E-state index contributed by atoms with van der Waals surface area (Å²) in [5.74, 6) is 0.168. The highest BCUT2D eigenvalue weighted by molar-refractivity contribution is 5.91. The van der Waals surface area contributed by atoms with Gasteiger partial charge in [0.1, 0.15) is 5.54 Å². The quantitative estimate of drug-likeness (QED) is 0.520. The fourth-order valence-electron chi connectivity index (χ4n) is 4.73. The van der Waals surface area contributed by atoms with Gasteiger partial charge in [-0.1, -0.05) is 72.8 Å². The van der Waals surface area contributed by atoms with Gasteiger partial charge in [0.25, 0.3) is 0 Å². The largest absolute Gasteiger partial charge is 0.300 e. The average Bonchev–Trinajstić information content (AvgIpc) is 2.80. The number of carbonyl (C=O) groups excluding carboxylic acids is 1. The number of Topliss-reactive ketones (excluding diaryl/α,β-unsaturated/α-hetero) is 1. The van der Waals surface area contributed by atoms with Crippen molar-refractivity contribution in [3.63, 3.8) is 0 Å². The van der Waals surface area contributed by atoms with Crippen LogP contribution in [0.2, 0.25) is 0 Å². The Hall–Kier alpha value is -2.53. The summed E-state index contributed by atoms with van der Waals surface area (Å²) >= 11 is 0.